The minimum Gasteiger partial charge on any atom is -0.497 e. The first kappa shape index (κ1) is 18.0. The van der Waals surface area contributed by atoms with E-state index in [0.29, 0.717) is 31.9 Å². The molecule has 0 bridgehead atoms. The second kappa shape index (κ2) is 8.03. The van der Waals surface area contributed by atoms with E-state index in [2.05, 4.69) is 10.3 Å². The summed E-state index contributed by atoms with van der Waals surface area (Å²) < 4.78 is 19.1. The van der Waals surface area contributed by atoms with Crippen LogP contribution in [0, 0.1) is 5.82 Å². The molecule has 138 valence electrons. The van der Waals surface area contributed by atoms with Gasteiger partial charge in [-0.15, -0.1) is 0 Å². The third-order valence-electron chi connectivity index (χ3n) is 4.56. The Kier molecular flexibility index (Phi) is 5.55. The van der Waals surface area contributed by atoms with E-state index in [4.69, 9.17) is 4.74 Å². The molecule has 0 unspecified atom stereocenters. The molecule has 1 aliphatic rings. The van der Waals surface area contributed by atoms with Gasteiger partial charge in [0.2, 0.25) is 0 Å². The molecule has 1 saturated heterocycles. The van der Waals surface area contributed by atoms with E-state index in [9.17, 15) is 9.18 Å². The number of amides is 2. The quantitative estimate of drug-likeness (QED) is 0.913. The summed E-state index contributed by atoms with van der Waals surface area (Å²) >= 11 is 0. The first-order valence-electron chi connectivity index (χ1n) is 8.60. The summed E-state index contributed by atoms with van der Waals surface area (Å²) in [6.07, 6.45) is 2.80. The number of methoxy groups -OCH3 is 1. The molecule has 0 saturated carbocycles. The van der Waals surface area contributed by atoms with Crippen molar-refractivity contribution < 1.29 is 13.9 Å². The van der Waals surface area contributed by atoms with E-state index in [0.717, 1.165) is 11.3 Å². The molecule has 0 spiro atoms. The minimum atomic E-state index is -0.337. The van der Waals surface area contributed by atoms with Gasteiger partial charge in [-0.25, -0.2) is 9.18 Å². The van der Waals surface area contributed by atoms with Crippen molar-refractivity contribution in [3.8, 4) is 5.75 Å². The molecular formula is C19H23FN4O2. The lowest BCUT2D eigenvalue weighted by Crippen LogP contribution is -2.56. The molecule has 0 aliphatic carbocycles. The summed E-state index contributed by atoms with van der Waals surface area (Å²) in [5, 5.41) is 2.95. The second-order valence-corrected chi connectivity index (χ2v) is 6.33. The number of aromatic nitrogens is 1. The van der Waals surface area contributed by atoms with Crippen molar-refractivity contribution in [3.63, 3.8) is 0 Å². The van der Waals surface area contributed by atoms with Crippen LogP contribution in [0.5, 0.6) is 5.75 Å². The molecular weight excluding hydrogens is 335 g/mol. The Morgan fingerprint density at radius 2 is 2.23 bits per heavy atom. The van der Waals surface area contributed by atoms with Crippen molar-refractivity contribution in [2.45, 2.75) is 19.5 Å². The Hall–Kier alpha value is -2.83. The molecule has 2 amide bonds. The highest BCUT2D eigenvalue weighted by atomic mass is 19.1. The molecule has 1 N–H and O–H groups in total. The maximum absolute atomic E-state index is 13.9. The van der Waals surface area contributed by atoms with E-state index >= 15 is 0 Å². The number of urea groups is 1. The third kappa shape index (κ3) is 4.04. The lowest BCUT2D eigenvalue weighted by atomic mass is 10.1. The van der Waals surface area contributed by atoms with Gasteiger partial charge in [-0.2, -0.15) is 0 Å². The van der Waals surface area contributed by atoms with Gasteiger partial charge < -0.3 is 19.9 Å². The maximum atomic E-state index is 13.9. The van der Waals surface area contributed by atoms with Gasteiger partial charge in [0.15, 0.2) is 5.82 Å². The molecule has 1 fully saturated rings. The third-order valence-corrected chi connectivity index (χ3v) is 4.56. The normalized spacial score (nSPS) is 17.1. The Morgan fingerprint density at radius 1 is 1.38 bits per heavy atom. The van der Waals surface area contributed by atoms with Crippen LogP contribution in [0.25, 0.3) is 0 Å². The molecule has 3 rings (SSSR count). The topological polar surface area (TPSA) is 57.7 Å². The molecule has 2 heterocycles. The van der Waals surface area contributed by atoms with Crippen molar-refractivity contribution >= 4 is 11.7 Å². The van der Waals surface area contributed by atoms with Crippen molar-refractivity contribution in [1.82, 2.24) is 15.2 Å². The fourth-order valence-corrected chi connectivity index (χ4v) is 3.16. The van der Waals surface area contributed by atoms with Gasteiger partial charge in [-0.3, -0.25) is 4.98 Å². The average molecular weight is 358 g/mol. The fourth-order valence-electron chi connectivity index (χ4n) is 3.16. The van der Waals surface area contributed by atoms with E-state index < -0.39 is 0 Å². The van der Waals surface area contributed by atoms with Gasteiger partial charge in [0.25, 0.3) is 0 Å². The molecule has 1 aliphatic heterocycles. The Balaban J connectivity index is 1.57. The number of hydrogen-bond acceptors (Lipinski definition) is 4. The number of benzene rings is 1. The summed E-state index contributed by atoms with van der Waals surface area (Å²) in [7, 11) is 1.62. The van der Waals surface area contributed by atoms with Gasteiger partial charge >= 0.3 is 6.03 Å². The van der Waals surface area contributed by atoms with E-state index in [1.54, 1.807) is 24.3 Å². The molecule has 26 heavy (non-hydrogen) atoms. The number of carbonyl (C=O) groups is 1. The van der Waals surface area contributed by atoms with Crippen molar-refractivity contribution in [2.24, 2.45) is 0 Å². The molecule has 1 aromatic carbocycles. The number of ether oxygens (including phenoxy) is 1. The molecule has 6 nitrogen and oxygen atoms in total. The van der Waals surface area contributed by atoms with E-state index in [1.807, 2.05) is 36.1 Å². The summed E-state index contributed by atoms with van der Waals surface area (Å²) in [6.45, 7) is 4.09. The van der Waals surface area contributed by atoms with E-state index in [1.165, 1.54) is 6.20 Å². The molecule has 0 radical (unpaired) electrons. The highest BCUT2D eigenvalue weighted by Gasteiger charge is 2.28. The fraction of sp³-hybridized carbons (Fsp3) is 0.368. The summed E-state index contributed by atoms with van der Waals surface area (Å²) in [5.74, 6) is 0.425. The zero-order chi connectivity index (χ0) is 18.5. The monoisotopic (exact) mass is 358 g/mol. The number of hydrogen-bond donors (Lipinski definition) is 1. The van der Waals surface area contributed by atoms with Gasteiger partial charge in [-0.1, -0.05) is 12.1 Å². The lowest BCUT2D eigenvalue weighted by molar-refractivity contribution is 0.171. The van der Waals surface area contributed by atoms with Crippen LogP contribution in [0.15, 0.2) is 42.7 Å². The standard InChI is InChI=1S/C19H23FN4O2/c1-14-13-23(18-6-7-21-12-17(18)20)8-9-24(14)19(25)22-11-15-4-3-5-16(10-15)26-2/h3-7,10,12,14H,8-9,11,13H2,1-2H3,(H,22,25)/t14-/m1/s1. The predicted octanol–water partition coefficient (Wildman–Crippen LogP) is 2.65. The van der Waals surface area contributed by atoms with Gasteiger partial charge in [0, 0.05) is 38.4 Å². The molecule has 2 aromatic rings. The number of rotatable bonds is 4. The number of anilines is 1. The van der Waals surface area contributed by atoms with Crippen molar-refractivity contribution in [3.05, 3.63) is 54.1 Å². The second-order valence-electron chi connectivity index (χ2n) is 6.33. The number of carbonyl (C=O) groups excluding carboxylic acids is 1. The van der Waals surface area contributed by atoms with Crippen LogP contribution >= 0.6 is 0 Å². The summed E-state index contributed by atoms with van der Waals surface area (Å²) in [4.78, 5) is 20.0. The predicted molar refractivity (Wildman–Crippen MR) is 97.8 cm³/mol. The van der Waals surface area contributed by atoms with Crippen molar-refractivity contribution in [2.75, 3.05) is 31.6 Å². The Morgan fingerprint density at radius 3 is 2.96 bits per heavy atom. The first-order valence-corrected chi connectivity index (χ1v) is 8.60. The Bertz CT molecular complexity index is 771. The largest absolute Gasteiger partial charge is 0.497 e. The van der Waals surface area contributed by atoms with Crippen LogP contribution in [0.2, 0.25) is 0 Å². The zero-order valence-electron chi connectivity index (χ0n) is 15.0. The van der Waals surface area contributed by atoms with Gasteiger partial charge in [-0.05, 0) is 30.7 Å². The molecule has 7 heteroatoms. The number of nitrogens with one attached hydrogen (secondary N) is 1. The van der Waals surface area contributed by atoms with Crippen LogP contribution in [-0.4, -0.2) is 48.7 Å². The number of nitrogens with zero attached hydrogens (tertiary/aromatic N) is 3. The SMILES string of the molecule is COc1cccc(CNC(=O)N2CCN(c3ccncc3F)C[C@H]2C)c1. The zero-order valence-corrected chi connectivity index (χ0v) is 15.0. The van der Waals surface area contributed by atoms with Crippen LogP contribution in [0.4, 0.5) is 14.9 Å². The minimum absolute atomic E-state index is 0.0263. The number of pyridine rings is 1. The Labute approximate surface area is 152 Å². The highest BCUT2D eigenvalue weighted by molar-refractivity contribution is 5.75. The lowest BCUT2D eigenvalue weighted by Gasteiger charge is -2.40. The summed E-state index contributed by atoms with van der Waals surface area (Å²) in [6, 6.07) is 9.12. The van der Waals surface area contributed by atoms with Crippen LogP contribution in [0.3, 0.4) is 0 Å². The van der Waals surface area contributed by atoms with E-state index in [-0.39, 0.29) is 17.9 Å². The van der Waals surface area contributed by atoms with Gasteiger partial charge in [0.05, 0.1) is 19.0 Å². The average Bonchev–Trinajstić information content (AvgIpc) is 2.66. The van der Waals surface area contributed by atoms with Crippen LogP contribution in [0.1, 0.15) is 12.5 Å². The highest BCUT2D eigenvalue weighted by Crippen LogP contribution is 2.21. The van der Waals surface area contributed by atoms with Crippen molar-refractivity contribution in [1.29, 1.82) is 0 Å². The number of halogens is 1. The number of piperazine rings is 1. The molecule has 1 aromatic heterocycles. The first-order chi connectivity index (χ1) is 12.6. The van der Waals surface area contributed by atoms with Crippen LogP contribution < -0.4 is 15.0 Å². The van der Waals surface area contributed by atoms with Gasteiger partial charge in [0.1, 0.15) is 5.75 Å². The smallest absolute Gasteiger partial charge is 0.318 e. The molecule has 1 atom stereocenters. The summed E-state index contributed by atoms with van der Waals surface area (Å²) in [5.41, 5.74) is 1.51. The van der Waals surface area contributed by atoms with Crippen LogP contribution in [-0.2, 0) is 6.54 Å². The maximum Gasteiger partial charge on any atom is 0.318 e.